The maximum Gasteiger partial charge on any atom is 0.106 e. The second kappa shape index (κ2) is 4.16. The fourth-order valence-corrected chi connectivity index (χ4v) is 1.36. The van der Waals surface area contributed by atoms with Crippen molar-refractivity contribution in [2.45, 2.75) is 32.6 Å². The van der Waals surface area contributed by atoms with Gasteiger partial charge >= 0.3 is 0 Å². The molecule has 0 aliphatic heterocycles. The van der Waals surface area contributed by atoms with Crippen LogP contribution in [0.4, 0.5) is 0 Å². The van der Waals surface area contributed by atoms with Crippen molar-refractivity contribution in [2.24, 2.45) is 5.16 Å². The van der Waals surface area contributed by atoms with Gasteiger partial charge in [-0.3, -0.25) is 0 Å². The van der Waals surface area contributed by atoms with Crippen LogP contribution in [0.25, 0.3) is 0 Å². The van der Waals surface area contributed by atoms with Gasteiger partial charge in [0.25, 0.3) is 0 Å². The molecule has 0 saturated carbocycles. The smallest absolute Gasteiger partial charge is 0.106 e. The standard InChI is InChI=1S/C9H15NO/c1-8(10-11-2)9-6-4-3-5-7-9/h6H,3-5,7H2,1-2H3. The average molecular weight is 153 g/mol. The molecule has 0 N–H and O–H groups in total. The highest BCUT2D eigenvalue weighted by Gasteiger charge is 2.05. The largest absolute Gasteiger partial charge is 0.399 e. The Kier molecular flexibility index (Phi) is 3.14. The quantitative estimate of drug-likeness (QED) is 0.441. The molecule has 0 spiro atoms. The van der Waals surface area contributed by atoms with E-state index in [1.54, 1.807) is 7.11 Å². The van der Waals surface area contributed by atoms with Crippen molar-refractivity contribution in [2.75, 3.05) is 7.11 Å². The number of hydrogen-bond donors (Lipinski definition) is 0. The first-order valence-electron chi connectivity index (χ1n) is 4.11. The number of oxime groups is 1. The minimum absolute atomic E-state index is 1.03. The monoisotopic (exact) mass is 153 g/mol. The van der Waals surface area contributed by atoms with E-state index in [1.165, 1.54) is 31.3 Å². The van der Waals surface area contributed by atoms with Crippen LogP contribution in [-0.4, -0.2) is 12.8 Å². The van der Waals surface area contributed by atoms with Crippen molar-refractivity contribution in [1.82, 2.24) is 0 Å². The summed E-state index contributed by atoms with van der Waals surface area (Å²) in [5.41, 5.74) is 2.39. The van der Waals surface area contributed by atoms with Gasteiger partial charge in [0.15, 0.2) is 0 Å². The van der Waals surface area contributed by atoms with Crippen molar-refractivity contribution < 1.29 is 4.84 Å². The molecule has 0 saturated heterocycles. The van der Waals surface area contributed by atoms with Crippen molar-refractivity contribution in [3.8, 4) is 0 Å². The Morgan fingerprint density at radius 3 is 2.91 bits per heavy atom. The molecule has 0 bridgehead atoms. The van der Waals surface area contributed by atoms with E-state index in [0.29, 0.717) is 0 Å². The van der Waals surface area contributed by atoms with Crippen molar-refractivity contribution in [1.29, 1.82) is 0 Å². The third-order valence-electron chi connectivity index (χ3n) is 1.98. The maximum atomic E-state index is 4.70. The summed E-state index contributed by atoms with van der Waals surface area (Å²) in [7, 11) is 1.59. The summed E-state index contributed by atoms with van der Waals surface area (Å²) in [5.74, 6) is 0. The van der Waals surface area contributed by atoms with Gasteiger partial charge in [0.05, 0.1) is 5.71 Å². The fraction of sp³-hybridized carbons (Fsp3) is 0.667. The topological polar surface area (TPSA) is 21.6 Å². The molecule has 1 aliphatic rings. The molecule has 0 unspecified atom stereocenters. The average Bonchev–Trinajstić information content (AvgIpc) is 2.07. The predicted octanol–water partition coefficient (Wildman–Crippen LogP) is 2.51. The second-order valence-corrected chi connectivity index (χ2v) is 2.83. The summed E-state index contributed by atoms with van der Waals surface area (Å²) in [6.45, 7) is 2.00. The van der Waals surface area contributed by atoms with Crippen LogP contribution in [0.2, 0.25) is 0 Å². The third kappa shape index (κ3) is 2.37. The molecule has 1 rings (SSSR count). The number of rotatable bonds is 2. The summed E-state index contributed by atoms with van der Waals surface area (Å²) >= 11 is 0. The predicted molar refractivity (Wildman–Crippen MR) is 46.7 cm³/mol. The summed E-state index contributed by atoms with van der Waals surface area (Å²) in [4.78, 5) is 4.70. The number of hydrogen-bond acceptors (Lipinski definition) is 2. The van der Waals surface area contributed by atoms with Crippen LogP contribution in [0.1, 0.15) is 32.6 Å². The molecular weight excluding hydrogens is 138 g/mol. The minimum atomic E-state index is 1.03. The summed E-state index contributed by atoms with van der Waals surface area (Å²) in [6, 6.07) is 0. The highest BCUT2D eigenvalue weighted by atomic mass is 16.6. The van der Waals surface area contributed by atoms with Gasteiger partial charge in [-0.1, -0.05) is 11.2 Å². The third-order valence-corrected chi connectivity index (χ3v) is 1.98. The van der Waals surface area contributed by atoms with E-state index in [-0.39, 0.29) is 0 Å². The van der Waals surface area contributed by atoms with Crippen LogP contribution in [-0.2, 0) is 4.84 Å². The van der Waals surface area contributed by atoms with Gasteiger partial charge in [-0.05, 0) is 38.2 Å². The lowest BCUT2D eigenvalue weighted by atomic mass is 9.97. The Bertz CT molecular complexity index is 182. The van der Waals surface area contributed by atoms with E-state index in [9.17, 15) is 0 Å². The highest BCUT2D eigenvalue weighted by molar-refractivity contribution is 5.97. The molecule has 0 amide bonds. The molecular formula is C9H15NO. The summed E-state index contributed by atoms with van der Waals surface area (Å²) in [6.07, 6.45) is 7.25. The van der Waals surface area contributed by atoms with E-state index in [2.05, 4.69) is 11.2 Å². The van der Waals surface area contributed by atoms with Crippen LogP contribution in [0.5, 0.6) is 0 Å². The van der Waals surface area contributed by atoms with Crippen LogP contribution in [0.3, 0.4) is 0 Å². The fourth-order valence-electron chi connectivity index (χ4n) is 1.36. The summed E-state index contributed by atoms with van der Waals surface area (Å²) in [5, 5.41) is 3.90. The lowest BCUT2D eigenvalue weighted by molar-refractivity contribution is 0.213. The Morgan fingerprint density at radius 2 is 2.36 bits per heavy atom. The van der Waals surface area contributed by atoms with Crippen molar-refractivity contribution in [3.63, 3.8) is 0 Å². The van der Waals surface area contributed by atoms with Gasteiger partial charge in [0.2, 0.25) is 0 Å². The zero-order valence-electron chi connectivity index (χ0n) is 7.26. The van der Waals surface area contributed by atoms with E-state index >= 15 is 0 Å². The molecule has 62 valence electrons. The van der Waals surface area contributed by atoms with Gasteiger partial charge in [-0.15, -0.1) is 0 Å². The van der Waals surface area contributed by atoms with E-state index < -0.39 is 0 Å². The van der Waals surface area contributed by atoms with Gasteiger partial charge < -0.3 is 4.84 Å². The first-order chi connectivity index (χ1) is 5.34. The van der Waals surface area contributed by atoms with Crippen molar-refractivity contribution in [3.05, 3.63) is 11.6 Å². The van der Waals surface area contributed by atoms with Gasteiger partial charge in [0, 0.05) is 0 Å². The van der Waals surface area contributed by atoms with E-state index in [0.717, 1.165) is 5.71 Å². The minimum Gasteiger partial charge on any atom is -0.399 e. The number of allylic oxidation sites excluding steroid dienone is 2. The zero-order chi connectivity index (χ0) is 8.10. The van der Waals surface area contributed by atoms with E-state index in [4.69, 9.17) is 4.84 Å². The second-order valence-electron chi connectivity index (χ2n) is 2.83. The Hall–Kier alpha value is -0.790. The van der Waals surface area contributed by atoms with Gasteiger partial charge in [-0.2, -0.15) is 0 Å². The molecule has 0 aromatic carbocycles. The van der Waals surface area contributed by atoms with E-state index in [1.807, 2.05) is 6.92 Å². The van der Waals surface area contributed by atoms with Crippen molar-refractivity contribution >= 4 is 5.71 Å². The Morgan fingerprint density at radius 1 is 1.55 bits per heavy atom. The maximum absolute atomic E-state index is 4.70. The lowest BCUT2D eigenvalue weighted by Crippen LogP contribution is -2.01. The normalized spacial score (nSPS) is 19.5. The molecule has 2 heteroatoms. The summed E-state index contributed by atoms with van der Waals surface area (Å²) < 4.78 is 0. The highest BCUT2D eigenvalue weighted by Crippen LogP contribution is 2.18. The molecule has 11 heavy (non-hydrogen) atoms. The molecule has 0 aromatic rings. The van der Waals surface area contributed by atoms with Crippen LogP contribution >= 0.6 is 0 Å². The molecule has 0 fully saturated rings. The zero-order valence-corrected chi connectivity index (χ0v) is 7.26. The first-order valence-corrected chi connectivity index (χ1v) is 4.11. The molecule has 0 heterocycles. The lowest BCUT2D eigenvalue weighted by Gasteiger charge is -2.10. The van der Waals surface area contributed by atoms with Gasteiger partial charge in [0.1, 0.15) is 7.11 Å². The van der Waals surface area contributed by atoms with Crippen LogP contribution in [0, 0.1) is 0 Å². The Labute approximate surface area is 67.9 Å². The first kappa shape index (κ1) is 8.31. The number of nitrogens with zero attached hydrogens (tertiary/aromatic N) is 1. The SMILES string of the molecule is CON=C(C)C1=CCCCC1. The molecule has 2 nitrogen and oxygen atoms in total. The molecule has 1 aliphatic carbocycles. The van der Waals surface area contributed by atoms with Crippen LogP contribution in [0.15, 0.2) is 16.8 Å². The Balaban J connectivity index is 2.58. The molecule has 0 aromatic heterocycles. The van der Waals surface area contributed by atoms with Gasteiger partial charge in [-0.25, -0.2) is 0 Å². The van der Waals surface area contributed by atoms with Crippen LogP contribution < -0.4 is 0 Å². The molecule has 0 radical (unpaired) electrons. The molecule has 0 atom stereocenters.